The minimum absolute atomic E-state index is 0.157. The lowest BCUT2D eigenvalue weighted by Gasteiger charge is -2.25. The molecule has 3 aromatic carbocycles. The Labute approximate surface area is 208 Å². The van der Waals surface area contributed by atoms with Gasteiger partial charge in [-0.3, -0.25) is 4.79 Å². The Kier molecular flexibility index (Phi) is 8.16. The maximum absolute atomic E-state index is 12.8. The van der Waals surface area contributed by atoms with Crippen LogP contribution in [0.15, 0.2) is 78.0 Å². The fourth-order valence-electron chi connectivity index (χ4n) is 3.20. The molecule has 0 saturated heterocycles. The van der Waals surface area contributed by atoms with Crippen molar-refractivity contribution in [1.29, 1.82) is 0 Å². The van der Waals surface area contributed by atoms with Gasteiger partial charge in [0.1, 0.15) is 23.1 Å². The van der Waals surface area contributed by atoms with Gasteiger partial charge in [0.25, 0.3) is 5.91 Å². The van der Waals surface area contributed by atoms with Gasteiger partial charge in [0, 0.05) is 17.7 Å². The summed E-state index contributed by atoms with van der Waals surface area (Å²) in [4.78, 5) is 48.4. The molecular weight excluding hydrogens is 462 g/mol. The van der Waals surface area contributed by atoms with E-state index in [0.29, 0.717) is 22.6 Å². The number of nitrogens with two attached hydrogens (primary N) is 1. The van der Waals surface area contributed by atoms with Crippen LogP contribution in [0.4, 0.5) is 11.4 Å². The Morgan fingerprint density at radius 1 is 0.889 bits per heavy atom. The van der Waals surface area contributed by atoms with Crippen molar-refractivity contribution < 1.29 is 23.9 Å². The number of rotatable bonds is 8. The molecule has 0 radical (unpaired) electrons. The summed E-state index contributed by atoms with van der Waals surface area (Å²) in [6, 6.07) is 17.7. The zero-order valence-corrected chi connectivity index (χ0v) is 20.2. The summed E-state index contributed by atoms with van der Waals surface area (Å²) >= 11 is 0. The van der Waals surface area contributed by atoms with Crippen molar-refractivity contribution in [3.63, 3.8) is 0 Å². The average Bonchev–Trinajstić information content (AvgIpc) is 2.84. The highest BCUT2D eigenvalue weighted by atomic mass is 16.6. The van der Waals surface area contributed by atoms with Crippen LogP contribution in [0.2, 0.25) is 0 Å². The molecule has 1 atom stereocenters. The van der Waals surface area contributed by atoms with Gasteiger partial charge < -0.3 is 20.5 Å². The summed E-state index contributed by atoms with van der Waals surface area (Å²) in [5.74, 6) is -1.31. The molecule has 0 aromatic heterocycles. The van der Waals surface area contributed by atoms with Gasteiger partial charge in [-0.05, 0) is 92.2 Å². The fourth-order valence-corrected chi connectivity index (χ4v) is 3.20. The van der Waals surface area contributed by atoms with Gasteiger partial charge in [0.15, 0.2) is 0 Å². The van der Waals surface area contributed by atoms with Crippen molar-refractivity contribution >= 4 is 29.2 Å². The topological polar surface area (TPSA) is 137 Å². The lowest BCUT2D eigenvalue weighted by molar-refractivity contribution is -0.157. The Morgan fingerprint density at radius 2 is 1.47 bits per heavy atom. The van der Waals surface area contributed by atoms with Crippen LogP contribution in [0.25, 0.3) is 0 Å². The van der Waals surface area contributed by atoms with Crippen molar-refractivity contribution in [3.8, 4) is 5.75 Å². The number of ether oxygens (including phenoxy) is 2. The molecule has 3 rings (SSSR count). The third kappa shape index (κ3) is 7.49. The molecule has 36 heavy (non-hydrogen) atoms. The van der Waals surface area contributed by atoms with Crippen LogP contribution in [-0.2, 0) is 16.0 Å². The van der Waals surface area contributed by atoms with Gasteiger partial charge in [0.05, 0.1) is 5.56 Å². The first kappa shape index (κ1) is 26.1. The minimum atomic E-state index is -0.951. The van der Waals surface area contributed by atoms with Gasteiger partial charge in [-0.1, -0.05) is 12.1 Å². The van der Waals surface area contributed by atoms with Crippen molar-refractivity contribution in [1.82, 2.24) is 5.32 Å². The van der Waals surface area contributed by atoms with Crippen LogP contribution in [0.5, 0.6) is 5.75 Å². The van der Waals surface area contributed by atoms with E-state index in [-0.39, 0.29) is 17.7 Å². The second-order valence-corrected chi connectivity index (χ2v) is 9.06. The highest BCUT2D eigenvalue weighted by molar-refractivity contribution is 5.97. The van der Waals surface area contributed by atoms with Gasteiger partial charge in [-0.25, -0.2) is 9.59 Å². The number of nitrogens with zero attached hydrogens (tertiary/aromatic N) is 1. The standard InChI is InChI=1S/C27H27N3O6/c1-27(2,3)36-26(33)23(29-24(31)18-6-10-20(28)11-7-18)16-17-4-14-22(15-5-17)35-25(32)19-8-12-21(30-34)13-9-19/h4-15,23H,16,28H2,1-3H3,(H,29,31). The summed E-state index contributed by atoms with van der Waals surface area (Å²) < 4.78 is 10.9. The molecule has 0 spiro atoms. The number of nitroso groups, excluding NO2 is 1. The highest BCUT2D eigenvalue weighted by Crippen LogP contribution is 2.19. The van der Waals surface area contributed by atoms with Crippen molar-refractivity contribution in [2.75, 3.05) is 5.73 Å². The molecule has 3 aromatic rings. The summed E-state index contributed by atoms with van der Waals surface area (Å²) in [5.41, 5.74) is 7.01. The fraction of sp³-hybridized carbons (Fsp3) is 0.222. The summed E-state index contributed by atoms with van der Waals surface area (Å²) in [6.07, 6.45) is 0.157. The van der Waals surface area contributed by atoms with Crippen molar-refractivity contribution in [3.05, 3.63) is 94.4 Å². The third-order valence-electron chi connectivity index (χ3n) is 4.95. The van der Waals surface area contributed by atoms with Gasteiger partial charge >= 0.3 is 11.9 Å². The Bertz CT molecular complexity index is 1230. The quantitative estimate of drug-likeness (QED) is 0.205. The maximum atomic E-state index is 12.8. The van der Waals surface area contributed by atoms with E-state index in [4.69, 9.17) is 15.2 Å². The van der Waals surface area contributed by atoms with Crippen LogP contribution in [0.3, 0.4) is 0 Å². The van der Waals surface area contributed by atoms with E-state index >= 15 is 0 Å². The number of nitrogen functional groups attached to an aromatic ring is 1. The summed E-state index contributed by atoms with van der Waals surface area (Å²) in [5, 5.41) is 5.52. The molecule has 3 N–H and O–H groups in total. The molecule has 1 amide bonds. The van der Waals surface area contributed by atoms with Crippen molar-refractivity contribution in [2.45, 2.75) is 38.8 Å². The van der Waals surface area contributed by atoms with Gasteiger partial charge in [-0.15, -0.1) is 4.91 Å². The molecule has 0 bridgehead atoms. The van der Waals surface area contributed by atoms with E-state index in [0.717, 1.165) is 0 Å². The molecule has 0 fully saturated rings. The first-order valence-corrected chi connectivity index (χ1v) is 11.2. The number of esters is 2. The monoisotopic (exact) mass is 489 g/mol. The largest absolute Gasteiger partial charge is 0.458 e. The molecule has 0 aliphatic heterocycles. The number of carbonyl (C=O) groups is 3. The predicted octanol–water partition coefficient (Wildman–Crippen LogP) is 4.57. The minimum Gasteiger partial charge on any atom is -0.458 e. The molecule has 0 heterocycles. The second kappa shape index (κ2) is 11.3. The van der Waals surface area contributed by atoms with E-state index < -0.39 is 29.5 Å². The normalized spacial score (nSPS) is 11.8. The van der Waals surface area contributed by atoms with E-state index in [1.54, 1.807) is 69.3 Å². The predicted molar refractivity (Wildman–Crippen MR) is 135 cm³/mol. The average molecular weight is 490 g/mol. The molecular formula is C27H27N3O6. The van der Waals surface area contributed by atoms with Crippen LogP contribution in [-0.4, -0.2) is 29.5 Å². The smallest absolute Gasteiger partial charge is 0.343 e. The lowest BCUT2D eigenvalue weighted by Crippen LogP contribution is -2.45. The third-order valence-corrected chi connectivity index (χ3v) is 4.95. The number of benzene rings is 3. The molecule has 1 unspecified atom stereocenters. The van der Waals surface area contributed by atoms with Gasteiger partial charge in [-0.2, -0.15) is 0 Å². The first-order chi connectivity index (χ1) is 17.0. The summed E-state index contributed by atoms with van der Waals surface area (Å²) in [6.45, 7) is 5.24. The number of carbonyl (C=O) groups excluding carboxylic acids is 3. The zero-order chi connectivity index (χ0) is 26.3. The Balaban J connectivity index is 1.71. The Morgan fingerprint density at radius 3 is 2.03 bits per heavy atom. The molecule has 186 valence electrons. The number of nitrogens with one attached hydrogen (secondary N) is 1. The van der Waals surface area contributed by atoms with E-state index in [9.17, 15) is 19.3 Å². The highest BCUT2D eigenvalue weighted by Gasteiger charge is 2.27. The molecule has 9 nitrogen and oxygen atoms in total. The lowest BCUT2D eigenvalue weighted by atomic mass is 10.0. The maximum Gasteiger partial charge on any atom is 0.343 e. The van der Waals surface area contributed by atoms with Gasteiger partial charge in [0.2, 0.25) is 0 Å². The van der Waals surface area contributed by atoms with Crippen LogP contribution >= 0.6 is 0 Å². The zero-order valence-electron chi connectivity index (χ0n) is 20.2. The molecule has 9 heteroatoms. The molecule has 0 aliphatic rings. The van der Waals surface area contributed by atoms with E-state index in [2.05, 4.69) is 10.5 Å². The molecule has 0 aliphatic carbocycles. The number of hydrogen-bond donors (Lipinski definition) is 2. The van der Waals surface area contributed by atoms with E-state index in [1.807, 2.05) is 0 Å². The Hall–Kier alpha value is -4.53. The van der Waals surface area contributed by atoms with Crippen LogP contribution in [0.1, 0.15) is 47.1 Å². The SMILES string of the molecule is CC(C)(C)OC(=O)C(Cc1ccc(OC(=O)c2ccc(N=O)cc2)cc1)NC(=O)c1ccc(N)cc1. The summed E-state index contributed by atoms with van der Waals surface area (Å²) in [7, 11) is 0. The number of amides is 1. The number of hydrogen-bond acceptors (Lipinski definition) is 8. The first-order valence-electron chi connectivity index (χ1n) is 11.2. The number of anilines is 1. The van der Waals surface area contributed by atoms with Crippen LogP contribution in [0, 0.1) is 4.91 Å². The van der Waals surface area contributed by atoms with E-state index in [1.165, 1.54) is 24.3 Å². The van der Waals surface area contributed by atoms with Crippen LogP contribution < -0.4 is 15.8 Å². The molecule has 0 saturated carbocycles. The second-order valence-electron chi connectivity index (χ2n) is 9.06. The van der Waals surface area contributed by atoms with Crippen molar-refractivity contribution in [2.24, 2.45) is 5.18 Å².